The molecule has 0 atom stereocenters. The number of piperazine rings is 1. The van der Waals surface area contributed by atoms with Crippen LogP contribution in [0, 0.1) is 5.82 Å². The van der Waals surface area contributed by atoms with Crippen molar-refractivity contribution in [1.29, 1.82) is 0 Å². The van der Waals surface area contributed by atoms with Gasteiger partial charge in [-0.25, -0.2) is 9.37 Å². The molecule has 8 heteroatoms. The minimum absolute atomic E-state index is 0.0735. The number of hydrogen-bond acceptors (Lipinski definition) is 6. The zero-order valence-electron chi connectivity index (χ0n) is 18.1. The van der Waals surface area contributed by atoms with Crippen LogP contribution in [0.4, 0.5) is 21.7 Å². The molecule has 0 saturated carbocycles. The van der Waals surface area contributed by atoms with Gasteiger partial charge in [-0.2, -0.15) is 0 Å². The Morgan fingerprint density at radius 2 is 1.87 bits per heavy atom. The molecule has 1 fully saturated rings. The minimum atomic E-state index is -0.275. The van der Waals surface area contributed by atoms with Crippen molar-refractivity contribution in [3.05, 3.63) is 41.7 Å². The number of nitrogens with zero attached hydrogens (tertiary/aromatic N) is 4. The van der Waals surface area contributed by atoms with Gasteiger partial charge in [0, 0.05) is 52.9 Å². The number of anilines is 3. The molecule has 0 aliphatic carbocycles. The lowest BCUT2D eigenvalue weighted by molar-refractivity contribution is 0.0828. The van der Waals surface area contributed by atoms with Crippen LogP contribution in [0.15, 0.2) is 30.3 Å². The molecule has 1 aromatic heterocycles. The van der Waals surface area contributed by atoms with Crippen LogP contribution >= 0.6 is 0 Å². The molecule has 1 aliphatic heterocycles. The number of nitrogens with one attached hydrogen (secondary N) is 1. The summed E-state index contributed by atoms with van der Waals surface area (Å²) in [5.41, 5.74) is 1.34. The maximum absolute atomic E-state index is 13.7. The van der Waals surface area contributed by atoms with E-state index in [1.807, 2.05) is 12.1 Å². The summed E-state index contributed by atoms with van der Waals surface area (Å²) in [6, 6.07) is 8.31. The number of benzene rings is 1. The number of methoxy groups -OCH3 is 1. The quantitative estimate of drug-likeness (QED) is 0.750. The van der Waals surface area contributed by atoms with Gasteiger partial charge in [-0.1, -0.05) is 6.92 Å². The van der Waals surface area contributed by atoms with E-state index in [4.69, 9.17) is 9.72 Å². The normalized spacial score (nSPS) is 13.9. The van der Waals surface area contributed by atoms with E-state index >= 15 is 0 Å². The number of carbonyl (C=O) groups is 1. The summed E-state index contributed by atoms with van der Waals surface area (Å²) in [5.74, 6) is 1.76. The third-order valence-electron chi connectivity index (χ3n) is 5.14. The lowest BCUT2D eigenvalue weighted by atomic mass is 10.2. The van der Waals surface area contributed by atoms with Crippen LogP contribution in [-0.2, 0) is 0 Å². The molecule has 162 valence electrons. The third-order valence-corrected chi connectivity index (χ3v) is 5.14. The number of amides is 1. The molecule has 1 aromatic carbocycles. The highest BCUT2D eigenvalue weighted by Gasteiger charge is 2.23. The topological polar surface area (TPSA) is 60.9 Å². The van der Waals surface area contributed by atoms with Crippen molar-refractivity contribution < 1.29 is 13.9 Å². The Hall–Kier alpha value is -3.03. The predicted octanol–water partition coefficient (Wildman–Crippen LogP) is 3.08. The van der Waals surface area contributed by atoms with Crippen molar-refractivity contribution >= 4 is 23.2 Å². The van der Waals surface area contributed by atoms with Crippen molar-refractivity contribution in [3.8, 4) is 5.75 Å². The second kappa shape index (κ2) is 9.65. The van der Waals surface area contributed by atoms with E-state index in [-0.39, 0.29) is 11.7 Å². The Labute approximate surface area is 177 Å². The lowest BCUT2D eigenvalue weighted by Gasteiger charge is -2.37. The fourth-order valence-corrected chi connectivity index (χ4v) is 3.50. The van der Waals surface area contributed by atoms with E-state index in [2.05, 4.69) is 22.0 Å². The molecule has 1 N–H and O–H groups in total. The van der Waals surface area contributed by atoms with Crippen LogP contribution in [0.2, 0.25) is 0 Å². The summed E-state index contributed by atoms with van der Waals surface area (Å²) < 4.78 is 19.1. The average molecular weight is 416 g/mol. The Balaban J connectivity index is 1.76. The highest BCUT2D eigenvalue weighted by Crippen LogP contribution is 2.30. The third kappa shape index (κ3) is 4.75. The van der Waals surface area contributed by atoms with Gasteiger partial charge in [-0.05, 0) is 30.7 Å². The highest BCUT2D eigenvalue weighted by molar-refractivity contribution is 5.98. The van der Waals surface area contributed by atoms with Crippen molar-refractivity contribution in [2.75, 3.05) is 69.0 Å². The van der Waals surface area contributed by atoms with Crippen molar-refractivity contribution in [2.24, 2.45) is 0 Å². The van der Waals surface area contributed by atoms with E-state index in [1.165, 1.54) is 12.1 Å². The molecule has 0 spiro atoms. The Bertz CT molecular complexity index is 882. The summed E-state index contributed by atoms with van der Waals surface area (Å²) in [6.07, 6.45) is 0.940. The number of aromatic nitrogens is 1. The SMILES string of the molecule is CCCNc1nc(N2CCN(c3cc(F)ccc3OC)CC2)ccc1C(=O)N(C)C. The summed E-state index contributed by atoms with van der Waals surface area (Å²) in [4.78, 5) is 23.1. The van der Waals surface area contributed by atoms with Gasteiger partial charge >= 0.3 is 0 Å². The first-order valence-electron chi connectivity index (χ1n) is 10.2. The number of carbonyl (C=O) groups excluding carboxylic acids is 1. The highest BCUT2D eigenvalue weighted by atomic mass is 19.1. The molecular weight excluding hydrogens is 385 g/mol. The van der Waals surface area contributed by atoms with Gasteiger partial charge < -0.3 is 24.8 Å². The fourth-order valence-electron chi connectivity index (χ4n) is 3.50. The molecule has 2 heterocycles. The molecule has 1 amide bonds. The van der Waals surface area contributed by atoms with Gasteiger partial charge in [0.1, 0.15) is 23.2 Å². The van der Waals surface area contributed by atoms with E-state index in [0.29, 0.717) is 17.1 Å². The molecule has 30 heavy (non-hydrogen) atoms. The van der Waals surface area contributed by atoms with Crippen molar-refractivity contribution in [2.45, 2.75) is 13.3 Å². The lowest BCUT2D eigenvalue weighted by Crippen LogP contribution is -2.47. The first-order valence-corrected chi connectivity index (χ1v) is 10.2. The van der Waals surface area contributed by atoms with E-state index in [0.717, 1.165) is 50.6 Å². The van der Waals surface area contributed by atoms with Gasteiger partial charge in [0.15, 0.2) is 0 Å². The second-order valence-electron chi connectivity index (χ2n) is 7.48. The fraction of sp³-hybridized carbons (Fsp3) is 0.455. The molecule has 0 unspecified atom stereocenters. The maximum Gasteiger partial charge on any atom is 0.257 e. The van der Waals surface area contributed by atoms with Crippen LogP contribution in [0.5, 0.6) is 5.75 Å². The Kier molecular flexibility index (Phi) is 6.97. The van der Waals surface area contributed by atoms with Gasteiger partial charge in [0.05, 0.1) is 18.4 Å². The summed E-state index contributed by atoms with van der Waals surface area (Å²) in [5, 5.41) is 3.28. The van der Waals surface area contributed by atoms with Gasteiger partial charge in [0.25, 0.3) is 5.91 Å². The van der Waals surface area contributed by atoms with Crippen molar-refractivity contribution in [3.63, 3.8) is 0 Å². The van der Waals surface area contributed by atoms with Gasteiger partial charge in [-0.3, -0.25) is 4.79 Å². The summed E-state index contributed by atoms with van der Waals surface area (Å²) >= 11 is 0. The Morgan fingerprint density at radius 1 is 1.17 bits per heavy atom. The largest absolute Gasteiger partial charge is 0.495 e. The zero-order chi connectivity index (χ0) is 21.7. The summed E-state index contributed by atoms with van der Waals surface area (Å²) in [7, 11) is 5.07. The average Bonchev–Trinajstić information content (AvgIpc) is 2.77. The number of hydrogen-bond donors (Lipinski definition) is 1. The molecule has 1 saturated heterocycles. The van der Waals surface area contributed by atoms with E-state index in [9.17, 15) is 9.18 Å². The minimum Gasteiger partial charge on any atom is -0.495 e. The molecule has 1 aliphatic rings. The number of halogens is 1. The van der Waals surface area contributed by atoms with Crippen LogP contribution in [0.1, 0.15) is 23.7 Å². The standard InChI is InChI=1S/C22H30FN5O2/c1-5-10-24-21-17(22(29)26(2)3)7-9-20(25-21)28-13-11-27(12-14-28)18-15-16(23)6-8-19(18)30-4/h6-9,15H,5,10-14H2,1-4H3,(H,24,25). The molecule has 7 nitrogen and oxygen atoms in total. The summed E-state index contributed by atoms with van der Waals surface area (Å²) in [6.45, 7) is 5.73. The molecule has 0 radical (unpaired) electrons. The number of ether oxygens (including phenoxy) is 1. The van der Waals surface area contributed by atoms with Crippen LogP contribution < -0.4 is 19.9 Å². The van der Waals surface area contributed by atoms with E-state index in [1.54, 1.807) is 32.2 Å². The van der Waals surface area contributed by atoms with Crippen molar-refractivity contribution in [1.82, 2.24) is 9.88 Å². The number of pyridine rings is 1. The predicted molar refractivity (Wildman–Crippen MR) is 118 cm³/mol. The molecule has 2 aromatic rings. The first-order chi connectivity index (χ1) is 14.4. The van der Waals surface area contributed by atoms with Gasteiger partial charge in [0.2, 0.25) is 0 Å². The monoisotopic (exact) mass is 415 g/mol. The van der Waals surface area contributed by atoms with Gasteiger partial charge in [-0.15, -0.1) is 0 Å². The maximum atomic E-state index is 13.7. The molecule has 0 bridgehead atoms. The number of rotatable bonds is 7. The smallest absolute Gasteiger partial charge is 0.257 e. The zero-order valence-corrected chi connectivity index (χ0v) is 18.1. The van der Waals surface area contributed by atoms with Crippen LogP contribution in [0.25, 0.3) is 0 Å². The molecule has 3 rings (SSSR count). The second-order valence-corrected chi connectivity index (χ2v) is 7.48. The molecular formula is C22H30FN5O2. The first kappa shape index (κ1) is 21.7. The van der Waals surface area contributed by atoms with Crippen LogP contribution in [0.3, 0.4) is 0 Å². The van der Waals surface area contributed by atoms with E-state index < -0.39 is 0 Å². The Morgan fingerprint density at radius 3 is 2.50 bits per heavy atom. The van der Waals surface area contributed by atoms with Crippen LogP contribution in [-0.4, -0.2) is 69.7 Å².